The van der Waals surface area contributed by atoms with Gasteiger partial charge in [0.15, 0.2) is 0 Å². The number of nitrogens with zero attached hydrogens (tertiary/aromatic N) is 1. The molecule has 5 heteroatoms. The van der Waals surface area contributed by atoms with Crippen molar-refractivity contribution in [2.24, 2.45) is 0 Å². The first-order valence-corrected chi connectivity index (χ1v) is 6.94. The molecular weight excluding hydrogens is 256 g/mol. The Morgan fingerprint density at radius 2 is 2.15 bits per heavy atom. The van der Waals surface area contributed by atoms with E-state index in [1.54, 1.807) is 0 Å². The third kappa shape index (κ3) is 2.08. The lowest BCUT2D eigenvalue weighted by Crippen LogP contribution is -2.47. The molecule has 1 N–H and O–H groups in total. The number of hydrogen-bond acceptors (Lipinski definition) is 3. The summed E-state index contributed by atoms with van der Waals surface area (Å²) < 4.78 is 5.27. The molecule has 0 radical (unpaired) electrons. The SMILES string of the molecule is CCc1cccc(CN2C(=O)NC3(CCOC3)C2=O)c1. The van der Waals surface area contributed by atoms with Gasteiger partial charge in [0.2, 0.25) is 0 Å². The van der Waals surface area contributed by atoms with Gasteiger partial charge in [0.25, 0.3) is 5.91 Å². The molecular formula is C15H18N2O3. The molecule has 3 amide bonds. The Bertz CT molecular complexity index is 550. The smallest absolute Gasteiger partial charge is 0.325 e. The minimum atomic E-state index is -0.820. The highest BCUT2D eigenvalue weighted by atomic mass is 16.5. The second-order valence-corrected chi connectivity index (χ2v) is 5.38. The van der Waals surface area contributed by atoms with E-state index in [1.807, 2.05) is 24.3 Å². The number of urea groups is 1. The van der Waals surface area contributed by atoms with E-state index >= 15 is 0 Å². The average molecular weight is 274 g/mol. The van der Waals surface area contributed by atoms with Crippen molar-refractivity contribution in [3.05, 3.63) is 35.4 Å². The number of imide groups is 1. The molecule has 3 rings (SSSR count). The van der Waals surface area contributed by atoms with E-state index in [2.05, 4.69) is 12.2 Å². The average Bonchev–Trinajstić information content (AvgIpc) is 3.01. The predicted octanol–water partition coefficient (Wildman–Crippen LogP) is 1.46. The Hall–Kier alpha value is -1.88. The largest absolute Gasteiger partial charge is 0.378 e. The van der Waals surface area contributed by atoms with Crippen molar-refractivity contribution >= 4 is 11.9 Å². The maximum absolute atomic E-state index is 12.5. The first-order valence-electron chi connectivity index (χ1n) is 6.94. The van der Waals surface area contributed by atoms with Crippen molar-refractivity contribution in [3.8, 4) is 0 Å². The normalized spacial score (nSPS) is 25.6. The molecule has 2 fully saturated rings. The monoisotopic (exact) mass is 274 g/mol. The minimum absolute atomic E-state index is 0.165. The summed E-state index contributed by atoms with van der Waals surface area (Å²) in [4.78, 5) is 25.8. The number of hydrogen-bond donors (Lipinski definition) is 1. The van der Waals surface area contributed by atoms with Gasteiger partial charge in [-0.2, -0.15) is 0 Å². The topological polar surface area (TPSA) is 58.6 Å². The molecule has 5 nitrogen and oxygen atoms in total. The molecule has 0 saturated carbocycles. The lowest BCUT2D eigenvalue weighted by Gasteiger charge is -2.18. The molecule has 1 unspecified atom stereocenters. The Balaban J connectivity index is 1.80. The fourth-order valence-corrected chi connectivity index (χ4v) is 2.78. The third-order valence-corrected chi connectivity index (χ3v) is 4.01. The number of carbonyl (C=O) groups is 2. The lowest BCUT2D eigenvalue weighted by atomic mass is 9.99. The van der Waals surface area contributed by atoms with Crippen LogP contribution in [0.2, 0.25) is 0 Å². The van der Waals surface area contributed by atoms with Crippen LogP contribution >= 0.6 is 0 Å². The van der Waals surface area contributed by atoms with Crippen LogP contribution < -0.4 is 5.32 Å². The van der Waals surface area contributed by atoms with Crippen LogP contribution in [0.1, 0.15) is 24.5 Å². The second-order valence-electron chi connectivity index (χ2n) is 5.38. The van der Waals surface area contributed by atoms with Crippen LogP contribution in [0.5, 0.6) is 0 Å². The predicted molar refractivity (Wildman–Crippen MR) is 73.1 cm³/mol. The van der Waals surface area contributed by atoms with E-state index in [0.717, 1.165) is 12.0 Å². The van der Waals surface area contributed by atoms with Gasteiger partial charge in [-0.3, -0.25) is 9.69 Å². The molecule has 2 aliphatic rings. The summed E-state index contributed by atoms with van der Waals surface area (Å²) in [5.41, 5.74) is 1.36. The van der Waals surface area contributed by atoms with Crippen LogP contribution in [-0.4, -0.2) is 35.6 Å². The molecule has 1 atom stereocenters. The lowest BCUT2D eigenvalue weighted by molar-refractivity contribution is -0.131. The van der Waals surface area contributed by atoms with Gasteiger partial charge in [-0.1, -0.05) is 31.2 Å². The Labute approximate surface area is 117 Å². The number of rotatable bonds is 3. The molecule has 2 heterocycles. The Kier molecular flexibility index (Phi) is 3.22. The van der Waals surface area contributed by atoms with Gasteiger partial charge in [-0.25, -0.2) is 4.79 Å². The van der Waals surface area contributed by atoms with Crippen molar-refractivity contribution in [1.29, 1.82) is 0 Å². The maximum atomic E-state index is 12.5. The minimum Gasteiger partial charge on any atom is -0.378 e. The van der Waals surface area contributed by atoms with Crippen molar-refractivity contribution in [3.63, 3.8) is 0 Å². The van der Waals surface area contributed by atoms with E-state index in [0.29, 0.717) is 19.6 Å². The zero-order chi connectivity index (χ0) is 14.2. The van der Waals surface area contributed by atoms with Gasteiger partial charge in [-0.15, -0.1) is 0 Å². The quantitative estimate of drug-likeness (QED) is 0.849. The van der Waals surface area contributed by atoms with Gasteiger partial charge in [-0.05, 0) is 17.5 Å². The Morgan fingerprint density at radius 1 is 1.35 bits per heavy atom. The van der Waals surface area contributed by atoms with Gasteiger partial charge in [0.1, 0.15) is 5.54 Å². The number of aryl methyl sites for hydroxylation is 1. The highest BCUT2D eigenvalue weighted by Crippen LogP contribution is 2.28. The number of carbonyl (C=O) groups excluding carboxylic acids is 2. The molecule has 1 aromatic rings. The summed E-state index contributed by atoms with van der Waals surface area (Å²) in [6.07, 6.45) is 1.49. The van der Waals surface area contributed by atoms with E-state index in [9.17, 15) is 9.59 Å². The van der Waals surface area contributed by atoms with E-state index in [1.165, 1.54) is 10.5 Å². The molecule has 0 aromatic heterocycles. The van der Waals surface area contributed by atoms with Crippen LogP contribution in [0.15, 0.2) is 24.3 Å². The molecule has 2 aliphatic heterocycles. The van der Waals surface area contributed by atoms with Gasteiger partial charge < -0.3 is 10.1 Å². The highest BCUT2D eigenvalue weighted by molar-refractivity contribution is 6.07. The summed E-state index contributed by atoms with van der Waals surface area (Å²) in [6.45, 7) is 3.20. The maximum Gasteiger partial charge on any atom is 0.325 e. The summed E-state index contributed by atoms with van der Waals surface area (Å²) >= 11 is 0. The highest BCUT2D eigenvalue weighted by Gasteiger charge is 2.53. The first kappa shape index (κ1) is 13.1. The summed E-state index contributed by atoms with van der Waals surface area (Å²) in [6, 6.07) is 7.66. The van der Waals surface area contributed by atoms with Crippen molar-refractivity contribution in [2.75, 3.05) is 13.2 Å². The first-order chi connectivity index (χ1) is 9.64. The fourth-order valence-electron chi connectivity index (χ4n) is 2.78. The van der Waals surface area contributed by atoms with Crippen LogP contribution in [0, 0.1) is 0 Å². The number of ether oxygens (including phenoxy) is 1. The molecule has 0 bridgehead atoms. The van der Waals surface area contributed by atoms with Crippen molar-refractivity contribution in [2.45, 2.75) is 31.8 Å². The standard InChI is InChI=1S/C15H18N2O3/c1-2-11-4-3-5-12(8-11)9-17-13(18)15(16-14(17)19)6-7-20-10-15/h3-5,8H,2,6-7,9-10H2,1H3,(H,16,19). The summed E-state index contributed by atoms with van der Waals surface area (Å²) in [5, 5.41) is 2.79. The fraction of sp³-hybridized carbons (Fsp3) is 0.467. The third-order valence-electron chi connectivity index (χ3n) is 4.01. The van der Waals surface area contributed by atoms with E-state index in [4.69, 9.17) is 4.74 Å². The van der Waals surface area contributed by atoms with Crippen molar-refractivity contribution in [1.82, 2.24) is 10.2 Å². The zero-order valence-electron chi connectivity index (χ0n) is 11.5. The van der Waals surface area contributed by atoms with Gasteiger partial charge in [0, 0.05) is 13.0 Å². The molecule has 20 heavy (non-hydrogen) atoms. The van der Waals surface area contributed by atoms with Crippen LogP contribution in [-0.2, 0) is 22.5 Å². The summed E-state index contributed by atoms with van der Waals surface area (Å²) in [5.74, 6) is -0.165. The zero-order valence-corrected chi connectivity index (χ0v) is 11.5. The van der Waals surface area contributed by atoms with E-state index in [-0.39, 0.29) is 18.5 Å². The Morgan fingerprint density at radius 3 is 2.85 bits per heavy atom. The van der Waals surface area contributed by atoms with Crippen LogP contribution in [0.3, 0.4) is 0 Å². The van der Waals surface area contributed by atoms with Crippen molar-refractivity contribution < 1.29 is 14.3 Å². The molecule has 106 valence electrons. The second kappa shape index (κ2) is 4.90. The van der Waals surface area contributed by atoms with Gasteiger partial charge in [0.05, 0.1) is 13.2 Å². The van der Waals surface area contributed by atoms with Crippen LogP contribution in [0.25, 0.3) is 0 Å². The van der Waals surface area contributed by atoms with Crippen LogP contribution in [0.4, 0.5) is 4.79 Å². The molecule has 0 aliphatic carbocycles. The molecule has 1 spiro atoms. The number of nitrogens with one attached hydrogen (secondary N) is 1. The molecule has 1 aromatic carbocycles. The summed E-state index contributed by atoms with van der Waals surface area (Å²) in [7, 11) is 0. The van der Waals surface area contributed by atoms with Gasteiger partial charge >= 0.3 is 6.03 Å². The number of benzene rings is 1. The van der Waals surface area contributed by atoms with E-state index < -0.39 is 5.54 Å². The number of amides is 3. The molecule has 2 saturated heterocycles.